The quantitative estimate of drug-likeness (QED) is 0.290. The number of benzene rings is 1. The molecule has 0 aromatic heterocycles. The Labute approximate surface area is 214 Å². The summed E-state index contributed by atoms with van der Waals surface area (Å²) in [6, 6.07) is 5.62. The third-order valence-corrected chi connectivity index (χ3v) is 4.60. The molecular weight excluding hydrogens is 568 g/mol. The number of halogens is 10. The van der Waals surface area contributed by atoms with Crippen LogP contribution in [0.15, 0.2) is 24.3 Å². The first-order chi connectivity index (χ1) is 17.8. The van der Waals surface area contributed by atoms with Crippen LogP contribution in [0.3, 0.4) is 0 Å². The average molecular weight is 591 g/mol. The minimum Gasteiger partial charge on any atom is -0.492 e. The average Bonchev–Trinajstić information content (AvgIpc) is 2.80. The van der Waals surface area contributed by atoms with Crippen molar-refractivity contribution in [2.24, 2.45) is 0 Å². The van der Waals surface area contributed by atoms with Crippen molar-refractivity contribution < 1.29 is 77.5 Å². The van der Waals surface area contributed by atoms with Gasteiger partial charge in [0, 0.05) is 19.6 Å². The van der Waals surface area contributed by atoms with Crippen LogP contribution in [0.1, 0.15) is 12.5 Å². The van der Waals surface area contributed by atoms with E-state index in [1.165, 1.54) is 24.3 Å². The van der Waals surface area contributed by atoms with Crippen molar-refractivity contribution in [2.45, 2.75) is 43.8 Å². The third kappa shape index (κ3) is 10.9. The predicted octanol–water partition coefficient (Wildman–Crippen LogP) is 4.91. The molecule has 0 aliphatic heterocycles. The van der Waals surface area contributed by atoms with Crippen LogP contribution >= 0.6 is 0 Å². The zero-order valence-corrected chi connectivity index (χ0v) is 20.0. The summed E-state index contributed by atoms with van der Waals surface area (Å²) in [5.74, 6) is -7.68. The van der Waals surface area contributed by atoms with Crippen LogP contribution in [-0.4, -0.2) is 92.1 Å². The summed E-state index contributed by atoms with van der Waals surface area (Å²) < 4.78 is 144. The van der Waals surface area contributed by atoms with Crippen molar-refractivity contribution in [1.29, 1.82) is 0 Å². The molecule has 39 heavy (non-hydrogen) atoms. The first-order valence-corrected chi connectivity index (χ1v) is 10.8. The number of alkyl halides is 10. The Bertz CT molecular complexity index is 923. The van der Waals surface area contributed by atoms with E-state index in [4.69, 9.17) is 14.6 Å². The largest absolute Gasteiger partial charge is 0.492 e. The normalized spacial score (nSPS) is 13.6. The Morgan fingerprint density at radius 2 is 1.49 bits per heavy atom. The zero-order valence-electron chi connectivity index (χ0n) is 20.0. The highest BCUT2D eigenvalue weighted by atomic mass is 19.4. The van der Waals surface area contributed by atoms with Crippen molar-refractivity contribution in [3.05, 3.63) is 29.8 Å². The maximum atomic E-state index is 13.3. The lowest BCUT2D eigenvalue weighted by Crippen LogP contribution is -2.54. The molecule has 1 aromatic carbocycles. The van der Waals surface area contributed by atoms with Crippen molar-refractivity contribution >= 4 is 12.1 Å². The molecule has 0 fully saturated rings. The van der Waals surface area contributed by atoms with Gasteiger partial charge in [-0.1, -0.05) is 12.1 Å². The number of nitrogens with zero attached hydrogens (tertiary/aromatic N) is 1. The van der Waals surface area contributed by atoms with E-state index in [0.29, 0.717) is 5.56 Å². The van der Waals surface area contributed by atoms with Crippen LogP contribution in [0.5, 0.6) is 5.75 Å². The number of carbonyl (C=O) groups is 2. The maximum absolute atomic E-state index is 13.3. The molecule has 1 aromatic rings. The van der Waals surface area contributed by atoms with Gasteiger partial charge in [0.05, 0.1) is 13.2 Å². The molecule has 0 saturated carbocycles. The number of ether oxygens (including phenoxy) is 4. The van der Waals surface area contributed by atoms with Gasteiger partial charge in [-0.15, -0.1) is 0 Å². The summed E-state index contributed by atoms with van der Waals surface area (Å²) >= 11 is 0. The minimum absolute atomic E-state index is 0.000293. The second-order valence-electron chi connectivity index (χ2n) is 7.57. The van der Waals surface area contributed by atoms with Crippen LogP contribution in [-0.2, 0) is 25.4 Å². The number of carboxylic acid groups (broad SMARTS) is 1. The van der Waals surface area contributed by atoms with Crippen LogP contribution in [0, 0.1) is 0 Å². The number of carboxylic acids is 1. The van der Waals surface area contributed by atoms with Gasteiger partial charge in [-0.2, -0.15) is 43.9 Å². The molecule has 0 radical (unpaired) electrons. The summed E-state index contributed by atoms with van der Waals surface area (Å²) in [4.78, 5) is 23.3. The SMILES string of the molecule is CCOC(Cc1ccc(OCCN(CCOC(F)(F)C(F)(F)C(F)(F)F)C(=O)OCC(F)(F)F)cc1)C(=O)O. The molecule has 0 aliphatic rings. The highest BCUT2D eigenvalue weighted by Crippen LogP contribution is 2.46. The van der Waals surface area contributed by atoms with E-state index in [9.17, 15) is 53.5 Å². The standard InChI is InChI=1S/C21H23F10NO7/c1-2-36-15(16(33)34)11-13-3-5-14(6-4-13)37-9-7-32(17(35)38-12-18(22,23)24)8-10-39-21(30,31)19(25,26)20(27,28)29/h3-6,15H,2,7-12H2,1H3,(H,33,34). The number of rotatable bonds is 15. The first-order valence-electron chi connectivity index (χ1n) is 10.8. The lowest BCUT2D eigenvalue weighted by molar-refractivity contribution is -0.423. The van der Waals surface area contributed by atoms with Crippen LogP contribution in [0.2, 0.25) is 0 Å². The molecule has 1 rings (SSSR count). The summed E-state index contributed by atoms with van der Waals surface area (Å²) in [6.45, 7) is -4.37. The van der Waals surface area contributed by atoms with Crippen molar-refractivity contribution in [3.8, 4) is 5.75 Å². The molecule has 0 heterocycles. The van der Waals surface area contributed by atoms with Gasteiger partial charge in [0.1, 0.15) is 12.4 Å². The number of hydrogen-bond donors (Lipinski definition) is 1. The number of carbonyl (C=O) groups excluding carboxylic acids is 1. The Morgan fingerprint density at radius 1 is 0.923 bits per heavy atom. The van der Waals surface area contributed by atoms with Gasteiger partial charge in [-0.25, -0.2) is 9.59 Å². The topological polar surface area (TPSA) is 94.5 Å². The highest BCUT2D eigenvalue weighted by molar-refractivity contribution is 5.72. The summed E-state index contributed by atoms with van der Waals surface area (Å²) in [6.07, 6.45) is -20.6. The third-order valence-electron chi connectivity index (χ3n) is 4.60. The van der Waals surface area contributed by atoms with E-state index in [0.717, 1.165) is 0 Å². The number of amides is 1. The number of hydrogen-bond acceptors (Lipinski definition) is 6. The Kier molecular flexibility index (Phi) is 12.1. The van der Waals surface area contributed by atoms with Crippen molar-refractivity contribution in [1.82, 2.24) is 4.90 Å². The summed E-state index contributed by atoms with van der Waals surface area (Å²) in [5, 5.41) is 9.11. The molecule has 1 atom stereocenters. The molecular formula is C21H23F10NO7. The molecule has 0 bridgehead atoms. The lowest BCUT2D eigenvalue weighted by atomic mass is 10.1. The van der Waals surface area contributed by atoms with Gasteiger partial charge in [0.2, 0.25) is 0 Å². The van der Waals surface area contributed by atoms with Gasteiger partial charge < -0.3 is 29.0 Å². The summed E-state index contributed by atoms with van der Waals surface area (Å²) in [7, 11) is 0. The Hall–Kier alpha value is -3.02. The van der Waals surface area contributed by atoms with E-state index in [-0.39, 0.29) is 23.7 Å². The molecule has 1 amide bonds. The van der Waals surface area contributed by atoms with Crippen LogP contribution in [0.4, 0.5) is 48.7 Å². The predicted molar refractivity (Wildman–Crippen MR) is 110 cm³/mol. The maximum Gasteiger partial charge on any atom is 0.462 e. The van der Waals surface area contributed by atoms with Gasteiger partial charge in [0.15, 0.2) is 12.7 Å². The van der Waals surface area contributed by atoms with Gasteiger partial charge >= 0.3 is 36.4 Å². The van der Waals surface area contributed by atoms with E-state index in [1.54, 1.807) is 6.92 Å². The summed E-state index contributed by atoms with van der Waals surface area (Å²) in [5.41, 5.74) is 0.522. The van der Waals surface area contributed by atoms with Crippen LogP contribution in [0.25, 0.3) is 0 Å². The minimum atomic E-state index is -6.68. The van der Waals surface area contributed by atoms with Gasteiger partial charge in [0.25, 0.3) is 0 Å². The first kappa shape index (κ1) is 34.0. The molecule has 224 valence electrons. The molecule has 0 saturated heterocycles. The fourth-order valence-electron chi connectivity index (χ4n) is 2.70. The lowest BCUT2D eigenvalue weighted by Gasteiger charge is -2.29. The van der Waals surface area contributed by atoms with Gasteiger partial charge in [-0.05, 0) is 24.6 Å². The number of aliphatic carboxylic acids is 1. The molecule has 0 spiro atoms. The van der Waals surface area contributed by atoms with E-state index in [2.05, 4.69) is 9.47 Å². The molecule has 0 aliphatic carbocycles. The fourth-order valence-corrected chi connectivity index (χ4v) is 2.70. The van der Waals surface area contributed by atoms with Crippen LogP contribution < -0.4 is 4.74 Å². The van der Waals surface area contributed by atoms with E-state index in [1.807, 2.05) is 0 Å². The van der Waals surface area contributed by atoms with Crippen molar-refractivity contribution in [2.75, 3.05) is 39.5 Å². The second kappa shape index (κ2) is 13.9. The monoisotopic (exact) mass is 591 g/mol. The van der Waals surface area contributed by atoms with Gasteiger partial charge in [-0.3, -0.25) is 0 Å². The molecule has 18 heteroatoms. The molecule has 1 N–H and O–H groups in total. The Morgan fingerprint density at radius 3 is 1.97 bits per heavy atom. The smallest absolute Gasteiger partial charge is 0.462 e. The molecule has 1 unspecified atom stereocenters. The Balaban J connectivity index is 2.79. The fraction of sp³-hybridized carbons (Fsp3) is 0.619. The highest BCUT2D eigenvalue weighted by Gasteiger charge is 2.74. The van der Waals surface area contributed by atoms with E-state index >= 15 is 0 Å². The van der Waals surface area contributed by atoms with E-state index < -0.39 is 75.5 Å². The molecule has 8 nitrogen and oxygen atoms in total. The second-order valence-corrected chi connectivity index (χ2v) is 7.57. The van der Waals surface area contributed by atoms with Crippen molar-refractivity contribution in [3.63, 3.8) is 0 Å². The zero-order chi connectivity index (χ0) is 30.1.